The summed E-state index contributed by atoms with van der Waals surface area (Å²) in [4.78, 5) is 20.8. The molecule has 2 heterocycles. The second kappa shape index (κ2) is 7.39. The van der Waals surface area contributed by atoms with E-state index < -0.39 is 0 Å². The Morgan fingerprint density at radius 2 is 1.74 bits per heavy atom. The number of hydrogen-bond acceptors (Lipinski definition) is 5. The molecule has 1 amide bonds. The molecule has 0 saturated carbocycles. The lowest BCUT2D eigenvalue weighted by Gasteiger charge is -2.08. The Labute approximate surface area is 159 Å². The zero-order valence-corrected chi connectivity index (χ0v) is 14.7. The van der Waals surface area contributed by atoms with Gasteiger partial charge in [-0.3, -0.25) is 9.78 Å². The highest BCUT2D eigenvalue weighted by Gasteiger charge is 2.17. The Hall–Kier alpha value is -3.51. The van der Waals surface area contributed by atoms with Crippen molar-refractivity contribution in [1.82, 2.24) is 15.1 Å². The molecule has 0 atom stereocenters. The van der Waals surface area contributed by atoms with Crippen molar-refractivity contribution in [2.75, 3.05) is 5.32 Å². The number of nitrogens with zero attached hydrogens (tertiary/aromatic N) is 3. The molecule has 1 N–H and O–H groups in total. The lowest BCUT2D eigenvalue weighted by molar-refractivity contribution is 0.102. The maximum absolute atomic E-state index is 12.4. The van der Waals surface area contributed by atoms with Crippen molar-refractivity contribution in [1.29, 1.82) is 0 Å². The van der Waals surface area contributed by atoms with Gasteiger partial charge in [0.2, 0.25) is 5.82 Å². The summed E-state index contributed by atoms with van der Waals surface area (Å²) in [5, 5.41) is 7.39. The van der Waals surface area contributed by atoms with E-state index >= 15 is 0 Å². The zero-order valence-electron chi connectivity index (χ0n) is 14.0. The van der Waals surface area contributed by atoms with Gasteiger partial charge in [0.1, 0.15) is 0 Å². The second-order valence-corrected chi connectivity index (χ2v) is 6.05. The zero-order chi connectivity index (χ0) is 18.6. The Kier molecular flexibility index (Phi) is 4.63. The molecule has 0 unspecified atom stereocenters. The van der Waals surface area contributed by atoms with Crippen LogP contribution in [0.1, 0.15) is 10.4 Å². The molecule has 7 heteroatoms. The van der Waals surface area contributed by atoms with Gasteiger partial charge in [0, 0.05) is 18.0 Å². The van der Waals surface area contributed by atoms with Gasteiger partial charge in [-0.05, 0) is 36.4 Å². The predicted molar refractivity (Wildman–Crippen MR) is 102 cm³/mol. The molecule has 2 aromatic heterocycles. The van der Waals surface area contributed by atoms with Gasteiger partial charge in [0.15, 0.2) is 0 Å². The van der Waals surface area contributed by atoms with Crippen molar-refractivity contribution >= 4 is 23.2 Å². The van der Waals surface area contributed by atoms with Crippen LogP contribution in [-0.2, 0) is 0 Å². The highest BCUT2D eigenvalue weighted by atomic mass is 35.5. The van der Waals surface area contributed by atoms with Crippen LogP contribution in [0.5, 0.6) is 0 Å². The van der Waals surface area contributed by atoms with Gasteiger partial charge in [-0.2, -0.15) is 4.98 Å². The minimum atomic E-state index is -0.276. The van der Waals surface area contributed by atoms with Gasteiger partial charge in [0.25, 0.3) is 11.8 Å². The summed E-state index contributed by atoms with van der Waals surface area (Å²) in [5.41, 5.74) is 2.29. The molecular weight excluding hydrogens is 364 g/mol. The standard InChI is InChI=1S/C20H13ClN4O2/c21-16-9-3-1-7-14(16)18-24-20(27-25-18)15-8-2-4-10-17(15)23-19(26)13-6-5-11-22-12-13/h1-12H,(H,23,26). The molecule has 0 bridgehead atoms. The molecule has 4 rings (SSSR count). The van der Waals surface area contributed by atoms with Crippen LogP contribution in [0, 0.1) is 0 Å². The van der Waals surface area contributed by atoms with Crippen molar-refractivity contribution < 1.29 is 9.32 Å². The molecule has 0 aliphatic carbocycles. The Morgan fingerprint density at radius 1 is 0.963 bits per heavy atom. The normalized spacial score (nSPS) is 10.6. The van der Waals surface area contributed by atoms with Crippen LogP contribution in [0.2, 0.25) is 5.02 Å². The molecule has 0 fully saturated rings. The van der Waals surface area contributed by atoms with E-state index in [0.717, 1.165) is 0 Å². The molecule has 0 saturated heterocycles. The first-order chi connectivity index (χ1) is 13.2. The summed E-state index contributed by atoms with van der Waals surface area (Å²) < 4.78 is 5.40. The Balaban J connectivity index is 1.66. The van der Waals surface area contributed by atoms with E-state index in [1.165, 1.54) is 6.20 Å². The number of benzene rings is 2. The van der Waals surface area contributed by atoms with E-state index in [1.54, 1.807) is 36.5 Å². The third-order valence-corrected chi connectivity index (χ3v) is 4.20. The number of nitrogens with one attached hydrogen (secondary N) is 1. The van der Waals surface area contributed by atoms with Crippen LogP contribution in [-0.4, -0.2) is 21.0 Å². The van der Waals surface area contributed by atoms with Crippen molar-refractivity contribution in [3.63, 3.8) is 0 Å². The van der Waals surface area contributed by atoms with E-state index in [0.29, 0.717) is 33.2 Å². The molecule has 2 aromatic carbocycles. The maximum atomic E-state index is 12.4. The van der Waals surface area contributed by atoms with Crippen molar-refractivity contribution in [2.45, 2.75) is 0 Å². The van der Waals surface area contributed by atoms with Crippen LogP contribution < -0.4 is 5.32 Å². The number of anilines is 1. The van der Waals surface area contributed by atoms with Gasteiger partial charge in [-0.25, -0.2) is 0 Å². The number of aromatic nitrogens is 3. The van der Waals surface area contributed by atoms with E-state index in [4.69, 9.17) is 16.1 Å². The molecule has 6 nitrogen and oxygen atoms in total. The highest BCUT2D eigenvalue weighted by molar-refractivity contribution is 6.33. The van der Waals surface area contributed by atoms with E-state index in [2.05, 4.69) is 20.4 Å². The van der Waals surface area contributed by atoms with Gasteiger partial charge >= 0.3 is 0 Å². The smallest absolute Gasteiger partial charge is 0.260 e. The number of carbonyl (C=O) groups is 1. The van der Waals surface area contributed by atoms with Gasteiger partial charge in [-0.15, -0.1) is 0 Å². The lowest BCUT2D eigenvalue weighted by atomic mass is 10.1. The summed E-state index contributed by atoms with van der Waals surface area (Å²) in [5.74, 6) is 0.386. The Morgan fingerprint density at radius 3 is 2.52 bits per heavy atom. The number of amides is 1. The predicted octanol–water partition coefficient (Wildman–Crippen LogP) is 4.70. The maximum Gasteiger partial charge on any atom is 0.260 e. The van der Waals surface area contributed by atoms with Crippen molar-refractivity contribution in [3.05, 3.63) is 83.6 Å². The van der Waals surface area contributed by atoms with Gasteiger partial charge in [-0.1, -0.05) is 41.0 Å². The first kappa shape index (κ1) is 16.9. The monoisotopic (exact) mass is 376 g/mol. The van der Waals surface area contributed by atoms with Crippen LogP contribution in [0.25, 0.3) is 22.8 Å². The van der Waals surface area contributed by atoms with Crippen LogP contribution in [0.15, 0.2) is 77.6 Å². The fourth-order valence-electron chi connectivity index (χ4n) is 2.55. The summed E-state index contributed by atoms with van der Waals surface area (Å²) >= 11 is 6.20. The van der Waals surface area contributed by atoms with E-state index in [9.17, 15) is 4.79 Å². The number of pyridine rings is 1. The largest absolute Gasteiger partial charge is 0.334 e. The molecule has 0 radical (unpaired) electrons. The topological polar surface area (TPSA) is 80.9 Å². The number of hydrogen-bond donors (Lipinski definition) is 1. The summed E-state index contributed by atoms with van der Waals surface area (Å²) in [6.07, 6.45) is 3.11. The number of rotatable bonds is 4. The first-order valence-corrected chi connectivity index (χ1v) is 8.49. The summed E-state index contributed by atoms with van der Waals surface area (Å²) in [6.45, 7) is 0. The SMILES string of the molecule is O=C(Nc1ccccc1-c1nc(-c2ccccc2Cl)no1)c1cccnc1. The van der Waals surface area contributed by atoms with Gasteiger partial charge in [0.05, 0.1) is 21.8 Å². The number of carbonyl (C=O) groups excluding carboxylic acids is 1. The van der Waals surface area contributed by atoms with Crippen LogP contribution in [0.3, 0.4) is 0 Å². The number of halogens is 1. The fourth-order valence-corrected chi connectivity index (χ4v) is 2.78. The molecule has 4 aromatic rings. The van der Waals surface area contributed by atoms with Crippen LogP contribution in [0.4, 0.5) is 5.69 Å². The molecule has 27 heavy (non-hydrogen) atoms. The second-order valence-electron chi connectivity index (χ2n) is 5.64. The van der Waals surface area contributed by atoms with E-state index in [1.807, 2.05) is 30.3 Å². The molecule has 0 spiro atoms. The Bertz CT molecular complexity index is 1100. The first-order valence-electron chi connectivity index (χ1n) is 8.12. The van der Waals surface area contributed by atoms with Crippen molar-refractivity contribution in [3.8, 4) is 22.8 Å². The third-order valence-electron chi connectivity index (χ3n) is 3.87. The minimum absolute atomic E-state index is 0.276. The lowest BCUT2D eigenvalue weighted by Crippen LogP contribution is -2.12. The number of para-hydroxylation sites is 1. The van der Waals surface area contributed by atoms with Gasteiger partial charge < -0.3 is 9.84 Å². The molecule has 0 aliphatic heterocycles. The molecular formula is C20H13ClN4O2. The average molecular weight is 377 g/mol. The summed E-state index contributed by atoms with van der Waals surface area (Å²) in [6, 6.07) is 17.8. The third kappa shape index (κ3) is 3.56. The van der Waals surface area contributed by atoms with Crippen LogP contribution >= 0.6 is 11.6 Å². The van der Waals surface area contributed by atoms with Crippen molar-refractivity contribution in [2.24, 2.45) is 0 Å². The molecule has 0 aliphatic rings. The summed E-state index contributed by atoms with van der Waals surface area (Å²) in [7, 11) is 0. The fraction of sp³-hybridized carbons (Fsp3) is 0. The highest BCUT2D eigenvalue weighted by Crippen LogP contribution is 2.31. The average Bonchev–Trinajstić information content (AvgIpc) is 3.19. The minimum Gasteiger partial charge on any atom is -0.334 e. The van der Waals surface area contributed by atoms with E-state index in [-0.39, 0.29) is 11.8 Å². The molecule has 132 valence electrons. The quantitative estimate of drug-likeness (QED) is 0.558.